The van der Waals surface area contributed by atoms with E-state index >= 15 is 0 Å². The zero-order valence-corrected chi connectivity index (χ0v) is 7.03. The van der Waals surface area contributed by atoms with E-state index in [9.17, 15) is 0 Å². The van der Waals surface area contributed by atoms with Crippen molar-refractivity contribution in [2.45, 2.75) is 25.4 Å². The van der Waals surface area contributed by atoms with Gasteiger partial charge in [0, 0.05) is 12.6 Å². The first kappa shape index (κ1) is 7.06. The van der Waals surface area contributed by atoms with Gasteiger partial charge in [0.2, 0.25) is 0 Å². The van der Waals surface area contributed by atoms with Gasteiger partial charge in [-0.05, 0) is 30.4 Å². The fraction of sp³-hybridized carbons (Fsp3) is 0.571. The van der Waals surface area contributed by atoms with Crippen molar-refractivity contribution in [1.82, 2.24) is 9.69 Å². The molecule has 2 rings (SSSR count). The van der Waals surface area contributed by atoms with E-state index in [1.807, 2.05) is 6.07 Å². The van der Waals surface area contributed by atoms with Crippen molar-refractivity contribution in [2.24, 2.45) is 0 Å². The lowest BCUT2D eigenvalue weighted by molar-refractivity contribution is 0.679. The molecule has 0 spiro atoms. The van der Waals surface area contributed by atoms with Crippen LogP contribution in [0.3, 0.4) is 0 Å². The van der Waals surface area contributed by atoms with E-state index in [0.29, 0.717) is 0 Å². The summed E-state index contributed by atoms with van der Waals surface area (Å²) in [4.78, 5) is 0. The quantitative estimate of drug-likeness (QED) is 0.709. The maximum Gasteiger partial charge on any atom is 0.107 e. The highest BCUT2D eigenvalue weighted by atomic mass is 32.1. The van der Waals surface area contributed by atoms with Crippen LogP contribution in [0.4, 0.5) is 5.00 Å². The van der Waals surface area contributed by atoms with Crippen molar-refractivity contribution >= 4 is 16.5 Å². The molecule has 1 aromatic heterocycles. The van der Waals surface area contributed by atoms with Crippen LogP contribution in [0.25, 0.3) is 0 Å². The lowest BCUT2D eigenvalue weighted by Gasteiger charge is -1.96. The Morgan fingerprint density at radius 2 is 2.55 bits per heavy atom. The summed E-state index contributed by atoms with van der Waals surface area (Å²) in [6.45, 7) is 0.873. The number of nitrogens with one attached hydrogen (secondary N) is 1. The lowest BCUT2D eigenvalue weighted by atomic mass is 10.4. The van der Waals surface area contributed by atoms with Crippen LogP contribution in [0.5, 0.6) is 0 Å². The molecule has 3 nitrogen and oxygen atoms in total. The van der Waals surface area contributed by atoms with Gasteiger partial charge >= 0.3 is 0 Å². The molecule has 0 amide bonds. The van der Waals surface area contributed by atoms with E-state index in [1.54, 1.807) is 0 Å². The third kappa shape index (κ3) is 1.91. The molecule has 1 aliphatic carbocycles. The largest absolute Gasteiger partial charge is 0.389 e. The van der Waals surface area contributed by atoms with E-state index in [1.165, 1.54) is 24.4 Å². The average Bonchev–Trinajstić information content (AvgIpc) is 2.72. The first-order valence-electron chi connectivity index (χ1n) is 3.79. The Morgan fingerprint density at radius 1 is 1.73 bits per heavy atom. The van der Waals surface area contributed by atoms with Crippen LogP contribution in [0, 0.1) is 0 Å². The fourth-order valence-electron chi connectivity index (χ4n) is 0.948. The molecule has 1 saturated carbocycles. The molecule has 60 valence electrons. The molecule has 1 fully saturated rings. The summed E-state index contributed by atoms with van der Waals surface area (Å²) in [5.41, 5.74) is 6.60. The van der Waals surface area contributed by atoms with Gasteiger partial charge in [-0.25, -0.2) is 0 Å². The van der Waals surface area contributed by atoms with Crippen LogP contribution in [0.1, 0.15) is 18.5 Å². The lowest BCUT2D eigenvalue weighted by Crippen LogP contribution is -2.15. The molecule has 0 saturated heterocycles. The molecule has 1 heterocycles. The zero-order valence-electron chi connectivity index (χ0n) is 6.21. The van der Waals surface area contributed by atoms with E-state index < -0.39 is 0 Å². The molecule has 0 radical (unpaired) electrons. The number of nitrogens with two attached hydrogens (primary N) is 1. The summed E-state index contributed by atoms with van der Waals surface area (Å²) in [5, 5.41) is 4.18. The van der Waals surface area contributed by atoms with E-state index in [4.69, 9.17) is 5.73 Å². The average molecular weight is 169 g/mol. The molecule has 11 heavy (non-hydrogen) atoms. The molecule has 0 unspecified atom stereocenters. The normalized spacial score (nSPS) is 17.1. The van der Waals surface area contributed by atoms with Crippen molar-refractivity contribution in [3.05, 3.63) is 11.8 Å². The highest BCUT2D eigenvalue weighted by Crippen LogP contribution is 2.19. The smallest absolute Gasteiger partial charge is 0.107 e. The van der Waals surface area contributed by atoms with Crippen LogP contribution < -0.4 is 11.1 Å². The molecule has 0 aliphatic heterocycles. The minimum absolute atomic E-state index is 0.748. The van der Waals surface area contributed by atoms with Crippen molar-refractivity contribution in [3.8, 4) is 0 Å². The molecule has 4 heteroatoms. The summed E-state index contributed by atoms with van der Waals surface area (Å²) in [6.07, 6.45) is 2.64. The third-order valence-electron chi connectivity index (χ3n) is 1.73. The number of hydrogen-bond acceptors (Lipinski definition) is 4. The monoisotopic (exact) mass is 169 g/mol. The van der Waals surface area contributed by atoms with Crippen molar-refractivity contribution in [2.75, 3.05) is 5.73 Å². The standard InChI is InChI=1S/C7H11N3S/c8-7-3-6(10-11-7)4-9-5-1-2-5/h3,5,9H,1-2,4,8H2. The molecule has 0 aromatic carbocycles. The summed E-state index contributed by atoms with van der Waals surface area (Å²) >= 11 is 1.36. The topological polar surface area (TPSA) is 50.9 Å². The summed E-state index contributed by atoms with van der Waals surface area (Å²) < 4.78 is 4.17. The van der Waals surface area contributed by atoms with Crippen LogP contribution in [-0.2, 0) is 6.54 Å². The first-order valence-corrected chi connectivity index (χ1v) is 4.56. The number of rotatable bonds is 3. The van der Waals surface area contributed by atoms with Gasteiger partial charge in [-0.3, -0.25) is 0 Å². The number of hydrogen-bond donors (Lipinski definition) is 2. The van der Waals surface area contributed by atoms with Crippen LogP contribution in [-0.4, -0.2) is 10.4 Å². The number of nitrogen functional groups attached to an aromatic ring is 1. The second-order valence-corrected chi connectivity index (χ2v) is 3.71. The maximum atomic E-state index is 5.53. The molecule has 0 atom stereocenters. The fourth-order valence-corrected chi connectivity index (χ4v) is 1.48. The second kappa shape index (κ2) is 2.79. The van der Waals surface area contributed by atoms with Gasteiger partial charge in [-0.15, -0.1) is 0 Å². The number of aromatic nitrogens is 1. The van der Waals surface area contributed by atoms with Crippen LogP contribution in [0.2, 0.25) is 0 Å². The molecule has 3 N–H and O–H groups in total. The number of nitrogens with zero attached hydrogens (tertiary/aromatic N) is 1. The van der Waals surface area contributed by atoms with Gasteiger partial charge in [-0.1, -0.05) is 0 Å². The van der Waals surface area contributed by atoms with Gasteiger partial charge in [0.15, 0.2) is 0 Å². The third-order valence-corrected chi connectivity index (χ3v) is 2.38. The summed E-state index contributed by atoms with van der Waals surface area (Å²) in [5.74, 6) is 0. The Bertz CT molecular complexity index is 242. The van der Waals surface area contributed by atoms with Crippen molar-refractivity contribution in [1.29, 1.82) is 0 Å². The molecular weight excluding hydrogens is 158 g/mol. The Hall–Kier alpha value is -0.610. The highest BCUT2D eigenvalue weighted by molar-refractivity contribution is 7.09. The Kier molecular flexibility index (Phi) is 1.79. The van der Waals surface area contributed by atoms with Gasteiger partial charge in [0.05, 0.1) is 5.69 Å². The maximum absolute atomic E-state index is 5.53. The predicted octanol–water partition coefficient (Wildman–Crippen LogP) is 0.977. The SMILES string of the molecule is Nc1cc(CNC2CC2)ns1. The Balaban J connectivity index is 1.85. The van der Waals surface area contributed by atoms with Crippen LogP contribution in [0.15, 0.2) is 6.07 Å². The minimum Gasteiger partial charge on any atom is -0.389 e. The van der Waals surface area contributed by atoms with Gasteiger partial charge < -0.3 is 11.1 Å². The highest BCUT2D eigenvalue weighted by Gasteiger charge is 2.20. The summed E-state index contributed by atoms with van der Waals surface area (Å²) in [7, 11) is 0. The van der Waals surface area contributed by atoms with Crippen LogP contribution >= 0.6 is 11.5 Å². The molecule has 1 aromatic rings. The first-order chi connectivity index (χ1) is 5.34. The van der Waals surface area contributed by atoms with E-state index in [-0.39, 0.29) is 0 Å². The number of anilines is 1. The van der Waals surface area contributed by atoms with Gasteiger partial charge in [-0.2, -0.15) is 4.37 Å². The van der Waals surface area contributed by atoms with Gasteiger partial charge in [0.25, 0.3) is 0 Å². The van der Waals surface area contributed by atoms with E-state index in [2.05, 4.69) is 9.69 Å². The van der Waals surface area contributed by atoms with E-state index in [0.717, 1.165) is 23.3 Å². The molecular formula is C7H11N3S. The van der Waals surface area contributed by atoms with Gasteiger partial charge in [0.1, 0.15) is 5.00 Å². The minimum atomic E-state index is 0.748. The summed E-state index contributed by atoms with van der Waals surface area (Å²) in [6, 6.07) is 2.68. The second-order valence-electron chi connectivity index (χ2n) is 2.88. The van der Waals surface area contributed by atoms with Crippen molar-refractivity contribution < 1.29 is 0 Å². The van der Waals surface area contributed by atoms with Crippen molar-refractivity contribution in [3.63, 3.8) is 0 Å². The molecule has 0 bridgehead atoms. The zero-order chi connectivity index (χ0) is 7.68. The predicted molar refractivity (Wildman–Crippen MR) is 46.4 cm³/mol. The Labute approximate surface area is 69.8 Å². The Morgan fingerprint density at radius 3 is 3.09 bits per heavy atom. The molecule has 1 aliphatic rings.